The van der Waals surface area contributed by atoms with E-state index in [4.69, 9.17) is 0 Å². The molecule has 2 atom stereocenters. The van der Waals surface area contributed by atoms with Gasteiger partial charge in [-0.25, -0.2) is 4.79 Å². The van der Waals surface area contributed by atoms with E-state index in [0.717, 1.165) is 29.7 Å². The van der Waals surface area contributed by atoms with Crippen LogP contribution >= 0.6 is 0 Å². The topological polar surface area (TPSA) is 82.6 Å². The number of carbonyl (C=O) groups is 3. The summed E-state index contributed by atoms with van der Waals surface area (Å²) in [5, 5.41) is 3.26. The van der Waals surface area contributed by atoms with Crippen LogP contribution in [0.25, 0.3) is 0 Å². The van der Waals surface area contributed by atoms with Crippen molar-refractivity contribution in [2.75, 3.05) is 13.1 Å². The summed E-state index contributed by atoms with van der Waals surface area (Å²) in [6, 6.07) is 7.97. The summed E-state index contributed by atoms with van der Waals surface area (Å²) in [5.74, 6) is -0.342. The van der Waals surface area contributed by atoms with E-state index in [1.54, 1.807) is 35.5 Å². The van der Waals surface area contributed by atoms with Crippen molar-refractivity contribution in [2.24, 2.45) is 0 Å². The Morgan fingerprint density at radius 1 is 1.13 bits per heavy atom. The molecule has 0 aliphatic carbocycles. The van der Waals surface area contributed by atoms with Gasteiger partial charge in [0.1, 0.15) is 6.04 Å². The number of carbonyl (C=O) groups excluding carboxylic acids is 3. The first-order valence-electron chi connectivity index (χ1n) is 10.3. The van der Waals surface area contributed by atoms with Crippen LogP contribution in [0.1, 0.15) is 39.9 Å². The third kappa shape index (κ3) is 3.85. The lowest BCUT2D eigenvalue weighted by Gasteiger charge is -2.46. The molecule has 156 valence electrons. The minimum Gasteiger partial charge on any atom is -0.311 e. The predicted octanol–water partition coefficient (Wildman–Crippen LogP) is 2.47. The Morgan fingerprint density at radius 3 is 2.63 bits per heavy atom. The third-order valence-electron chi connectivity index (χ3n) is 6.07. The number of piperidine rings is 1. The summed E-state index contributed by atoms with van der Waals surface area (Å²) in [6.07, 6.45) is 4.84. The van der Waals surface area contributed by atoms with Crippen LogP contribution in [0.5, 0.6) is 0 Å². The minimum absolute atomic E-state index is 0.0374. The van der Waals surface area contributed by atoms with Gasteiger partial charge in [-0.2, -0.15) is 0 Å². The second-order valence-corrected chi connectivity index (χ2v) is 8.05. The van der Waals surface area contributed by atoms with Gasteiger partial charge >= 0.3 is 6.03 Å². The smallest absolute Gasteiger partial charge is 0.311 e. The zero-order chi connectivity index (χ0) is 21.3. The van der Waals surface area contributed by atoms with Crippen molar-refractivity contribution in [3.63, 3.8) is 0 Å². The van der Waals surface area contributed by atoms with E-state index in [-0.39, 0.29) is 30.8 Å². The number of imide groups is 1. The van der Waals surface area contributed by atoms with Crippen molar-refractivity contribution in [1.82, 2.24) is 20.1 Å². The van der Waals surface area contributed by atoms with Gasteiger partial charge in [0.15, 0.2) is 5.78 Å². The van der Waals surface area contributed by atoms with E-state index in [0.29, 0.717) is 12.0 Å². The molecule has 0 radical (unpaired) electrons. The molecule has 2 aliphatic heterocycles. The number of urea groups is 1. The van der Waals surface area contributed by atoms with E-state index in [1.807, 2.05) is 26.0 Å². The van der Waals surface area contributed by atoms with Gasteiger partial charge in [0, 0.05) is 18.0 Å². The molecule has 0 saturated carbocycles. The molecule has 7 nitrogen and oxygen atoms in total. The highest BCUT2D eigenvalue weighted by atomic mass is 16.2. The molecular formula is C23H26N4O3. The Bertz CT molecular complexity index is 976. The summed E-state index contributed by atoms with van der Waals surface area (Å²) in [5.41, 5.74) is 3.56. The standard InChI is InChI=1S/C23H26N4O3/c1-15-5-6-18(12-16(15)2)20(28)14-26-19-4-3-9-25-21(19)22(29)27(23(26)30)13-17-7-10-24-11-8-17/h5-8,10-12,19,21,25H,3-4,9,13-14H2,1-2H3. The highest BCUT2D eigenvalue weighted by Crippen LogP contribution is 2.26. The number of rotatable bonds is 5. The van der Waals surface area contributed by atoms with Crippen LogP contribution in [0.15, 0.2) is 42.7 Å². The first-order chi connectivity index (χ1) is 14.5. The molecular weight excluding hydrogens is 380 g/mol. The van der Waals surface area contributed by atoms with Gasteiger partial charge in [-0.1, -0.05) is 12.1 Å². The number of pyridine rings is 1. The van der Waals surface area contributed by atoms with Crippen LogP contribution in [0.2, 0.25) is 0 Å². The summed E-state index contributed by atoms with van der Waals surface area (Å²) < 4.78 is 0. The lowest BCUT2D eigenvalue weighted by atomic mass is 9.92. The predicted molar refractivity (Wildman–Crippen MR) is 112 cm³/mol. The number of ketones is 1. The first-order valence-corrected chi connectivity index (χ1v) is 10.3. The van der Waals surface area contributed by atoms with Crippen molar-refractivity contribution in [2.45, 2.75) is 45.3 Å². The Balaban J connectivity index is 1.60. The van der Waals surface area contributed by atoms with E-state index >= 15 is 0 Å². The van der Waals surface area contributed by atoms with E-state index < -0.39 is 12.1 Å². The molecule has 2 unspecified atom stereocenters. The van der Waals surface area contributed by atoms with Crippen LogP contribution in [-0.2, 0) is 11.3 Å². The fourth-order valence-corrected chi connectivity index (χ4v) is 4.18. The van der Waals surface area contributed by atoms with Gasteiger partial charge in [0.25, 0.3) is 0 Å². The van der Waals surface area contributed by atoms with Crippen LogP contribution in [0, 0.1) is 13.8 Å². The average Bonchev–Trinajstić information content (AvgIpc) is 2.76. The maximum Gasteiger partial charge on any atom is 0.327 e. The highest BCUT2D eigenvalue weighted by molar-refractivity contribution is 6.04. The maximum atomic E-state index is 13.3. The molecule has 7 heteroatoms. The number of aryl methyl sites for hydroxylation is 2. The van der Waals surface area contributed by atoms with Crippen molar-refractivity contribution >= 4 is 17.7 Å². The Labute approximate surface area is 176 Å². The quantitative estimate of drug-likeness (QED) is 0.772. The molecule has 30 heavy (non-hydrogen) atoms. The lowest BCUT2D eigenvalue weighted by Crippen LogP contribution is -2.69. The number of Topliss-reactive ketones (excluding diaryl/α,β-unsaturated/α-hetero) is 1. The van der Waals surface area contributed by atoms with E-state index in [9.17, 15) is 14.4 Å². The van der Waals surface area contributed by atoms with Crippen molar-refractivity contribution < 1.29 is 14.4 Å². The number of amides is 3. The Morgan fingerprint density at radius 2 is 1.90 bits per heavy atom. The van der Waals surface area contributed by atoms with Gasteiger partial charge in [-0.3, -0.25) is 19.5 Å². The van der Waals surface area contributed by atoms with Gasteiger partial charge in [0.2, 0.25) is 5.91 Å². The minimum atomic E-state index is -0.481. The summed E-state index contributed by atoms with van der Waals surface area (Å²) in [7, 11) is 0. The van der Waals surface area contributed by atoms with Crippen LogP contribution in [0.4, 0.5) is 4.79 Å². The molecule has 3 heterocycles. The molecule has 2 fully saturated rings. The summed E-state index contributed by atoms with van der Waals surface area (Å²) in [6.45, 7) is 4.82. The van der Waals surface area contributed by atoms with Crippen molar-refractivity contribution in [1.29, 1.82) is 0 Å². The second-order valence-electron chi connectivity index (χ2n) is 8.05. The zero-order valence-corrected chi connectivity index (χ0v) is 17.3. The average molecular weight is 406 g/mol. The molecule has 1 N–H and O–H groups in total. The molecule has 4 rings (SSSR count). The largest absolute Gasteiger partial charge is 0.327 e. The molecule has 1 aromatic heterocycles. The lowest BCUT2D eigenvalue weighted by molar-refractivity contribution is -0.137. The second kappa shape index (κ2) is 8.36. The molecule has 1 aromatic carbocycles. The fraction of sp³-hybridized carbons (Fsp3) is 0.391. The Kier molecular flexibility index (Phi) is 5.63. The van der Waals surface area contributed by atoms with Crippen LogP contribution in [-0.4, -0.2) is 57.7 Å². The van der Waals surface area contributed by atoms with Gasteiger partial charge < -0.3 is 10.2 Å². The normalized spacial score (nSPS) is 21.5. The summed E-state index contributed by atoms with van der Waals surface area (Å²) in [4.78, 5) is 46.2. The molecule has 0 bridgehead atoms. The number of hydrogen-bond donors (Lipinski definition) is 1. The highest BCUT2D eigenvalue weighted by Gasteiger charge is 2.47. The number of benzene rings is 1. The number of aromatic nitrogens is 1. The van der Waals surface area contributed by atoms with Gasteiger partial charge in [-0.15, -0.1) is 0 Å². The van der Waals surface area contributed by atoms with Gasteiger partial charge in [0.05, 0.1) is 19.1 Å². The monoisotopic (exact) mass is 406 g/mol. The Hall–Kier alpha value is -3.06. The maximum absolute atomic E-state index is 13.3. The first kappa shape index (κ1) is 20.2. The van der Waals surface area contributed by atoms with E-state index in [2.05, 4.69) is 10.3 Å². The summed E-state index contributed by atoms with van der Waals surface area (Å²) >= 11 is 0. The molecule has 2 aromatic rings. The van der Waals surface area contributed by atoms with Gasteiger partial charge in [-0.05, 0) is 68.1 Å². The molecule has 0 spiro atoms. The van der Waals surface area contributed by atoms with Crippen molar-refractivity contribution in [3.05, 3.63) is 65.0 Å². The molecule has 2 aliphatic rings. The number of nitrogens with one attached hydrogen (secondary N) is 1. The number of nitrogens with zero attached hydrogens (tertiary/aromatic N) is 3. The molecule has 3 amide bonds. The van der Waals surface area contributed by atoms with Crippen LogP contribution < -0.4 is 5.32 Å². The zero-order valence-electron chi connectivity index (χ0n) is 17.3. The third-order valence-corrected chi connectivity index (χ3v) is 6.07. The van der Waals surface area contributed by atoms with Crippen molar-refractivity contribution in [3.8, 4) is 0 Å². The number of hydrogen-bond acceptors (Lipinski definition) is 5. The number of fused-ring (bicyclic) bond motifs is 1. The fourth-order valence-electron chi connectivity index (χ4n) is 4.18. The SMILES string of the molecule is Cc1ccc(C(=O)CN2C(=O)N(Cc3ccncc3)C(=O)C3NCCCC32)cc1C. The molecule has 2 saturated heterocycles. The van der Waals surface area contributed by atoms with Crippen LogP contribution in [0.3, 0.4) is 0 Å². The van der Waals surface area contributed by atoms with E-state index in [1.165, 1.54) is 4.90 Å².